The number of nitrogens with zero attached hydrogens (tertiary/aromatic N) is 1. The molecule has 1 aliphatic heterocycles. The molecule has 2 amide bonds. The van der Waals surface area contributed by atoms with Crippen LogP contribution in [0.25, 0.3) is 0 Å². The zero-order valence-electron chi connectivity index (χ0n) is 6.69. The second kappa shape index (κ2) is 4.08. The van der Waals surface area contributed by atoms with Gasteiger partial charge in [-0.1, -0.05) is 12.2 Å². The molecule has 0 aromatic rings. The lowest BCUT2D eigenvalue weighted by molar-refractivity contribution is -0.196. The lowest BCUT2D eigenvalue weighted by atomic mass is 10.4. The zero-order chi connectivity index (χ0) is 9.84. The second-order valence-electron chi connectivity index (χ2n) is 2.42. The Balaban J connectivity index is 2.52. The largest absolute Gasteiger partial charge is 0.337 e. The SMILES string of the molecule is O=C(CC=S)ON1C(=O)CCC1=O. The first-order valence-electron chi connectivity index (χ1n) is 3.65. The third kappa shape index (κ3) is 2.32. The van der Waals surface area contributed by atoms with Crippen molar-refractivity contribution in [3.05, 3.63) is 0 Å². The van der Waals surface area contributed by atoms with Gasteiger partial charge >= 0.3 is 5.97 Å². The molecule has 0 aromatic heterocycles. The van der Waals surface area contributed by atoms with Gasteiger partial charge in [-0.15, -0.1) is 5.06 Å². The van der Waals surface area contributed by atoms with Crippen LogP contribution in [0.4, 0.5) is 0 Å². The van der Waals surface area contributed by atoms with E-state index in [1.165, 1.54) is 5.37 Å². The topological polar surface area (TPSA) is 63.7 Å². The summed E-state index contributed by atoms with van der Waals surface area (Å²) in [6.07, 6.45) is 0.111. The van der Waals surface area contributed by atoms with Crippen LogP contribution in [0.15, 0.2) is 0 Å². The van der Waals surface area contributed by atoms with E-state index in [-0.39, 0.29) is 19.3 Å². The quantitative estimate of drug-likeness (QED) is 0.474. The standard InChI is InChI=1S/C7H7NO4S/c9-5-1-2-6(10)8(5)12-7(11)3-4-13/h4H,1-3H2. The molecule has 0 atom stereocenters. The minimum atomic E-state index is -0.696. The van der Waals surface area contributed by atoms with Gasteiger partial charge in [0.05, 0.1) is 6.42 Å². The first-order valence-corrected chi connectivity index (χ1v) is 4.12. The number of hydrogen-bond donors (Lipinski definition) is 0. The van der Waals surface area contributed by atoms with Gasteiger partial charge in [-0.05, 0) is 5.37 Å². The van der Waals surface area contributed by atoms with E-state index in [0.717, 1.165) is 0 Å². The van der Waals surface area contributed by atoms with Crippen LogP contribution in [0.2, 0.25) is 0 Å². The van der Waals surface area contributed by atoms with Gasteiger partial charge in [0, 0.05) is 12.8 Å². The van der Waals surface area contributed by atoms with Crippen molar-refractivity contribution in [1.29, 1.82) is 0 Å². The first kappa shape index (κ1) is 9.79. The van der Waals surface area contributed by atoms with Gasteiger partial charge in [0.15, 0.2) is 0 Å². The average molecular weight is 201 g/mol. The molecule has 1 aliphatic rings. The van der Waals surface area contributed by atoms with Crippen molar-refractivity contribution in [3.8, 4) is 0 Å². The molecule has 5 nitrogen and oxygen atoms in total. The minimum absolute atomic E-state index is 0.0909. The van der Waals surface area contributed by atoms with Gasteiger partial charge in [-0.2, -0.15) is 0 Å². The van der Waals surface area contributed by atoms with Crippen molar-refractivity contribution in [1.82, 2.24) is 5.06 Å². The van der Waals surface area contributed by atoms with Crippen molar-refractivity contribution >= 4 is 35.4 Å². The maximum absolute atomic E-state index is 10.9. The van der Waals surface area contributed by atoms with Gasteiger partial charge in [0.2, 0.25) is 0 Å². The number of hydroxylamine groups is 2. The molecule has 0 saturated carbocycles. The zero-order valence-corrected chi connectivity index (χ0v) is 7.50. The Labute approximate surface area is 79.6 Å². The Morgan fingerprint density at radius 3 is 2.46 bits per heavy atom. The van der Waals surface area contributed by atoms with E-state index in [9.17, 15) is 14.4 Å². The van der Waals surface area contributed by atoms with Crippen LogP contribution in [-0.4, -0.2) is 28.2 Å². The van der Waals surface area contributed by atoms with Crippen LogP contribution in [-0.2, 0) is 19.2 Å². The van der Waals surface area contributed by atoms with Crippen LogP contribution in [0.1, 0.15) is 19.3 Å². The van der Waals surface area contributed by atoms with Gasteiger partial charge in [0.1, 0.15) is 0 Å². The fourth-order valence-electron chi connectivity index (χ4n) is 0.865. The molecule has 0 spiro atoms. The number of hydrogen-bond acceptors (Lipinski definition) is 5. The van der Waals surface area contributed by atoms with Crippen LogP contribution in [0, 0.1) is 0 Å². The maximum Gasteiger partial charge on any atom is 0.337 e. The molecule has 13 heavy (non-hydrogen) atoms. The minimum Gasteiger partial charge on any atom is -0.330 e. The monoisotopic (exact) mass is 201 g/mol. The highest BCUT2D eigenvalue weighted by atomic mass is 32.1. The van der Waals surface area contributed by atoms with Gasteiger partial charge in [-0.25, -0.2) is 4.79 Å². The number of carbonyl (C=O) groups excluding carboxylic acids is 3. The molecule has 1 fully saturated rings. The molecule has 0 radical (unpaired) electrons. The smallest absolute Gasteiger partial charge is 0.330 e. The van der Waals surface area contributed by atoms with Crippen molar-refractivity contribution in [2.45, 2.75) is 19.3 Å². The predicted octanol–water partition coefficient (Wildman–Crippen LogP) is -0.0166. The number of rotatable bonds is 3. The second-order valence-corrected chi connectivity index (χ2v) is 2.75. The summed E-state index contributed by atoms with van der Waals surface area (Å²) in [5.74, 6) is -1.66. The van der Waals surface area contributed by atoms with E-state index in [1.54, 1.807) is 0 Å². The fourth-order valence-corrected chi connectivity index (χ4v) is 1.00. The third-order valence-corrected chi connectivity index (χ3v) is 1.62. The van der Waals surface area contributed by atoms with Crippen LogP contribution < -0.4 is 0 Å². The molecule has 1 rings (SSSR count). The summed E-state index contributed by atoms with van der Waals surface area (Å²) in [6, 6.07) is 0. The molecule has 70 valence electrons. The molecule has 0 aliphatic carbocycles. The normalized spacial score (nSPS) is 16.2. The number of amides is 2. The first-order chi connectivity index (χ1) is 6.15. The molecular formula is C7H7NO4S. The van der Waals surface area contributed by atoms with E-state index < -0.39 is 17.8 Å². The van der Waals surface area contributed by atoms with Crippen molar-refractivity contribution in [2.24, 2.45) is 0 Å². The summed E-state index contributed by atoms with van der Waals surface area (Å²) < 4.78 is 0. The van der Waals surface area contributed by atoms with Crippen LogP contribution in [0.5, 0.6) is 0 Å². The molecule has 1 heterocycles. The Morgan fingerprint density at radius 2 is 2.00 bits per heavy atom. The number of thiocarbonyl (C=S) groups is 1. The molecule has 1 saturated heterocycles. The Morgan fingerprint density at radius 1 is 1.46 bits per heavy atom. The molecule has 0 aromatic carbocycles. The fraction of sp³-hybridized carbons (Fsp3) is 0.429. The molecule has 6 heteroatoms. The lowest BCUT2D eigenvalue weighted by Gasteiger charge is -2.11. The lowest BCUT2D eigenvalue weighted by Crippen LogP contribution is -2.32. The van der Waals surface area contributed by atoms with E-state index in [2.05, 4.69) is 17.1 Å². The predicted molar refractivity (Wildman–Crippen MR) is 45.5 cm³/mol. The van der Waals surface area contributed by atoms with Gasteiger partial charge in [0.25, 0.3) is 11.8 Å². The summed E-state index contributed by atoms with van der Waals surface area (Å²) >= 11 is 4.41. The Kier molecular flexibility index (Phi) is 3.07. The van der Waals surface area contributed by atoms with Crippen molar-refractivity contribution in [3.63, 3.8) is 0 Å². The van der Waals surface area contributed by atoms with E-state index in [0.29, 0.717) is 5.06 Å². The van der Waals surface area contributed by atoms with Gasteiger partial charge < -0.3 is 4.84 Å². The van der Waals surface area contributed by atoms with Crippen LogP contribution in [0.3, 0.4) is 0 Å². The maximum atomic E-state index is 10.9. The van der Waals surface area contributed by atoms with E-state index in [4.69, 9.17) is 0 Å². The molecule has 0 bridgehead atoms. The Hall–Kier alpha value is -1.30. The number of imide groups is 1. The van der Waals surface area contributed by atoms with Crippen molar-refractivity contribution in [2.75, 3.05) is 0 Å². The molecule has 0 N–H and O–H groups in total. The van der Waals surface area contributed by atoms with Gasteiger partial charge in [-0.3, -0.25) is 9.59 Å². The van der Waals surface area contributed by atoms with Crippen LogP contribution >= 0.6 is 12.2 Å². The highest BCUT2D eigenvalue weighted by molar-refractivity contribution is 7.79. The number of carbonyl (C=O) groups is 3. The third-order valence-electron chi connectivity index (χ3n) is 1.45. The highest BCUT2D eigenvalue weighted by Gasteiger charge is 2.32. The van der Waals surface area contributed by atoms with Crippen molar-refractivity contribution < 1.29 is 19.2 Å². The van der Waals surface area contributed by atoms with E-state index >= 15 is 0 Å². The highest BCUT2D eigenvalue weighted by Crippen LogP contribution is 2.12. The summed E-state index contributed by atoms with van der Waals surface area (Å²) in [4.78, 5) is 37.1. The summed E-state index contributed by atoms with van der Waals surface area (Å²) in [5.41, 5.74) is 0. The molecular weight excluding hydrogens is 194 g/mol. The molecule has 0 unspecified atom stereocenters. The van der Waals surface area contributed by atoms with E-state index in [1.807, 2.05) is 0 Å². The Bertz CT molecular complexity index is 260. The summed E-state index contributed by atoms with van der Waals surface area (Å²) in [7, 11) is 0. The average Bonchev–Trinajstić information content (AvgIpc) is 2.36. The summed E-state index contributed by atoms with van der Waals surface area (Å²) in [6.45, 7) is 0. The summed E-state index contributed by atoms with van der Waals surface area (Å²) in [5, 5.41) is 1.68.